The van der Waals surface area contributed by atoms with E-state index >= 15 is 0 Å². The number of rotatable bonds is 13. The Balaban J connectivity index is 2.32. The van der Waals surface area contributed by atoms with Crippen molar-refractivity contribution in [1.82, 2.24) is 10.2 Å². The molecule has 0 saturated heterocycles. The van der Waals surface area contributed by atoms with Gasteiger partial charge in [-0.2, -0.15) is 13.2 Å². The highest BCUT2D eigenvalue weighted by Crippen LogP contribution is 2.32. The van der Waals surface area contributed by atoms with Gasteiger partial charge in [-0.25, -0.2) is 8.42 Å². The van der Waals surface area contributed by atoms with Gasteiger partial charge in [-0.15, -0.1) is 0 Å². The van der Waals surface area contributed by atoms with Gasteiger partial charge in [0.05, 0.1) is 17.5 Å². The van der Waals surface area contributed by atoms with E-state index in [4.69, 9.17) is 23.2 Å². The lowest BCUT2D eigenvalue weighted by molar-refractivity contribution is -0.141. The fourth-order valence-electron chi connectivity index (χ4n) is 4.06. The lowest BCUT2D eigenvalue weighted by Gasteiger charge is -2.32. The summed E-state index contributed by atoms with van der Waals surface area (Å²) < 4.78 is 65.4. The Labute approximate surface area is 243 Å². The van der Waals surface area contributed by atoms with Crippen LogP contribution >= 0.6 is 23.2 Å². The molecule has 13 heteroatoms. The van der Waals surface area contributed by atoms with Gasteiger partial charge in [-0.1, -0.05) is 49.2 Å². The minimum Gasteiger partial charge on any atom is -0.352 e. The van der Waals surface area contributed by atoms with E-state index in [1.165, 1.54) is 11.0 Å². The number of sulfonamides is 1. The molecule has 0 aromatic heterocycles. The molecule has 2 aromatic rings. The van der Waals surface area contributed by atoms with E-state index in [1.807, 2.05) is 13.8 Å². The highest BCUT2D eigenvalue weighted by molar-refractivity contribution is 7.92. The second-order valence-electron chi connectivity index (χ2n) is 9.45. The molecular weight excluding hydrogens is 590 g/mol. The van der Waals surface area contributed by atoms with Crippen molar-refractivity contribution in [2.24, 2.45) is 0 Å². The predicted molar refractivity (Wildman–Crippen MR) is 152 cm³/mol. The van der Waals surface area contributed by atoms with Crippen LogP contribution < -0.4 is 9.62 Å². The number of amides is 2. The second kappa shape index (κ2) is 14.4. The van der Waals surface area contributed by atoms with Crippen LogP contribution in [-0.2, 0) is 32.3 Å². The van der Waals surface area contributed by atoms with Gasteiger partial charge in [0.1, 0.15) is 6.04 Å². The van der Waals surface area contributed by atoms with Crippen molar-refractivity contribution in [3.63, 3.8) is 0 Å². The molecule has 0 aliphatic heterocycles. The quantitative estimate of drug-likeness (QED) is 0.284. The first kappa shape index (κ1) is 33.7. The Morgan fingerprint density at radius 2 is 1.62 bits per heavy atom. The molecule has 0 aliphatic rings. The third-order valence-electron chi connectivity index (χ3n) is 6.39. The first-order chi connectivity index (χ1) is 18.6. The van der Waals surface area contributed by atoms with Gasteiger partial charge in [-0.05, 0) is 56.5 Å². The molecule has 0 bridgehead atoms. The number of hydrogen-bond donors (Lipinski definition) is 1. The SMILES string of the molecule is CC[C@H](C)NC(=O)[C@H](CC)N(Cc1c(Cl)cccc1Cl)C(=O)CCCN(c1cccc(C(F)(F)F)c1)S(C)(=O)=O. The Bertz CT molecular complexity index is 1270. The van der Waals surface area contributed by atoms with Crippen molar-refractivity contribution < 1.29 is 31.2 Å². The van der Waals surface area contributed by atoms with Gasteiger partial charge in [0.15, 0.2) is 0 Å². The number of alkyl halides is 3. The number of halogens is 5. The average molecular weight is 625 g/mol. The van der Waals surface area contributed by atoms with Crippen LogP contribution in [0.15, 0.2) is 42.5 Å². The Morgan fingerprint density at radius 1 is 1.02 bits per heavy atom. The largest absolute Gasteiger partial charge is 0.416 e. The number of anilines is 1. The van der Waals surface area contributed by atoms with Gasteiger partial charge < -0.3 is 10.2 Å². The monoisotopic (exact) mass is 623 g/mol. The lowest BCUT2D eigenvalue weighted by atomic mass is 10.1. The van der Waals surface area contributed by atoms with E-state index in [0.717, 1.165) is 28.8 Å². The fourth-order valence-corrected chi connectivity index (χ4v) is 5.53. The van der Waals surface area contributed by atoms with Crippen LogP contribution in [0.5, 0.6) is 0 Å². The maximum atomic E-state index is 13.5. The smallest absolute Gasteiger partial charge is 0.352 e. The molecule has 40 heavy (non-hydrogen) atoms. The van der Waals surface area contributed by atoms with E-state index in [0.29, 0.717) is 22.0 Å². The second-order valence-corrected chi connectivity index (χ2v) is 12.2. The molecule has 2 rings (SSSR count). The van der Waals surface area contributed by atoms with Crippen LogP contribution in [0.3, 0.4) is 0 Å². The van der Waals surface area contributed by atoms with Crippen molar-refractivity contribution in [3.05, 3.63) is 63.6 Å². The Kier molecular flexibility index (Phi) is 12.1. The molecule has 2 aromatic carbocycles. The fraction of sp³-hybridized carbons (Fsp3) is 0.481. The zero-order chi connectivity index (χ0) is 30.3. The molecule has 0 heterocycles. The first-order valence-corrected chi connectivity index (χ1v) is 15.4. The van der Waals surface area contributed by atoms with Crippen molar-refractivity contribution in [3.8, 4) is 0 Å². The molecule has 0 saturated carbocycles. The first-order valence-electron chi connectivity index (χ1n) is 12.8. The molecule has 0 aliphatic carbocycles. The normalized spacial score (nSPS) is 13.4. The lowest BCUT2D eigenvalue weighted by Crippen LogP contribution is -2.50. The van der Waals surface area contributed by atoms with E-state index in [9.17, 15) is 31.2 Å². The van der Waals surface area contributed by atoms with Crippen molar-refractivity contribution >= 4 is 50.7 Å². The number of carbonyl (C=O) groups excluding carboxylic acids is 2. The number of carbonyl (C=O) groups is 2. The van der Waals surface area contributed by atoms with Crippen LogP contribution in [0, 0.1) is 0 Å². The summed E-state index contributed by atoms with van der Waals surface area (Å²) in [5, 5.41) is 3.52. The minimum atomic E-state index is -4.65. The summed E-state index contributed by atoms with van der Waals surface area (Å²) in [6.07, 6.45) is -2.99. The van der Waals surface area contributed by atoms with Crippen LogP contribution in [0.25, 0.3) is 0 Å². The average Bonchev–Trinajstić information content (AvgIpc) is 2.86. The summed E-state index contributed by atoms with van der Waals surface area (Å²) in [6.45, 7) is 5.20. The maximum Gasteiger partial charge on any atom is 0.416 e. The van der Waals surface area contributed by atoms with Crippen LogP contribution in [-0.4, -0.2) is 50.0 Å². The number of hydrogen-bond acceptors (Lipinski definition) is 4. The molecule has 1 N–H and O–H groups in total. The summed E-state index contributed by atoms with van der Waals surface area (Å²) in [6, 6.07) is 7.88. The number of nitrogens with zero attached hydrogens (tertiary/aromatic N) is 2. The third kappa shape index (κ3) is 9.27. The van der Waals surface area contributed by atoms with Crippen LogP contribution in [0.4, 0.5) is 18.9 Å². The highest BCUT2D eigenvalue weighted by Gasteiger charge is 2.32. The van der Waals surface area contributed by atoms with Gasteiger partial charge >= 0.3 is 6.18 Å². The standard InChI is InChI=1S/C27H34Cl2F3N3O4S/c1-5-18(3)33-26(37)24(6-2)34(17-21-22(28)12-8-13-23(21)29)25(36)14-9-15-35(40(4,38)39)20-11-7-10-19(16-20)27(30,31)32/h7-8,10-13,16,18,24H,5-6,9,14-15,17H2,1-4H3,(H,33,37)/t18-,24-/m0/s1. The molecule has 7 nitrogen and oxygen atoms in total. The topological polar surface area (TPSA) is 86.8 Å². The zero-order valence-electron chi connectivity index (χ0n) is 22.8. The van der Waals surface area contributed by atoms with Crippen molar-refractivity contribution in [2.75, 3.05) is 17.1 Å². The molecule has 0 spiro atoms. The molecule has 222 valence electrons. The molecule has 0 unspecified atom stereocenters. The third-order valence-corrected chi connectivity index (χ3v) is 8.29. The van der Waals surface area contributed by atoms with E-state index in [1.54, 1.807) is 25.1 Å². The van der Waals surface area contributed by atoms with Gasteiger partial charge in [0.25, 0.3) is 0 Å². The van der Waals surface area contributed by atoms with E-state index in [2.05, 4.69) is 5.32 Å². The highest BCUT2D eigenvalue weighted by atomic mass is 35.5. The van der Waals surface area contributed by atoms with E-state index < -0.39 is 33.7 Å². The molecule has 2 amide bonds. The number of nitrogens with one attached hydrogen (secondary N) is 1. The Hall–Kier alpha value is -2.50. The minimum absolute atomic E-state index is 0.0156. The summed E-state index contributed by atoms with van der Waals surface area (Å²) in [5.74, 6) is -0.810. The van der Waals surface area contributed by atoms with Crippen LogP contribution in [0.1, 0.15) is 57.6 Å². The summed E-state index contributed by atoms with van der Waals surface area (Å²) in [4.78, 5) is 28.0. The summed E-state index contributed by atoms with van der Waals surface area (Å²) >= 11 is 12.7. The maximum absolute atomic E-state index is 13.5. The van der Waals surface area contributed by atoms with Crippen molar-refractivity contribution in [2.45, 2.75) is 71.3 Å². The van der Waals surface area contributed by atoms with Gasteiger partial charge in [0, 0.05) is 41.2 Å². The van der Waals surface area contributed by atoms with Gasteiger partial charge in [0.2, 0.25) is 21.8 Å². The van der Waals surface area contributed by atoms with Crippen molar-refractivity contribution in [1.29, 1.82) is 0 Å². The molecule has 2 atom stereocenters. The van der Waals surface area contributed by atoms with Crippen LogP contribution in [0.2, 0.25) is 10.0 Å². The summed E-state index contributed by atoms with van der Waals surface area (Å²) in [5.41, 5.74) is -0.699. The number of benzene rings is 2. The molecule has 0 radical (unpaired) electrons. The summed E-state index contributed by atoms with van der Waals surface area (Å²) in [7, 11) is -3.97. The molecule has 0 fully saturated rings. The Morgan fingerprint density at radius 3 is 2.15 bits per heavy atom. The predicted octanol–water partition coefficient (Wildman–Crippen LogP) is 6.28. The van der Waals surface area contributed by atoms with Gasteiger partial charge in [-0.3, -0.25) is 13.9 Å². The molecular formula is C27H34Cl2F3N3O4S. The van der Waals surface area contributed by atoms with E-state index in [-0.39, 0.29) is 50.0 Å². The zero-order valence-corrected chi connectivity index (χ0v) is 25.1.